The SMILES string of the molecule is Cn1c(CN2CCO[C@@](C)(C(N)=O)C2)nc2ccccc21. The number of ether oxygens (including phenoxy) is 1. The van der Waals surface area contributed by atoms with Crippen molar-refractivity contribution < 1.29 is 9.53 Å². The third kappa shape index (κ3) is 2.52. The van der Waals surface area contributed by atoms with Gasteiger partial charge in [0.15, 0.2) is 5.60 Å². The molecule has 0 bridgehead atoms. The number of hydrogen-bond acceptors (Lipinski definition) is 4. The lowest BCUT2D eigenvalue weighted by molar-refractivity contribution is -0.153. The van der Waals surface area contributed by atoms with Crippen LogP contribution < -0.4 is 5.73 Å². The monoisotopic (exact) mass is 288 g/mol. The van der Waals surface area contributed by atoms with Crippen LogP contribution in [-0.4, -0.2) is 45.7 Å². The number of benzene rings is 1. The Morgan fingerprint density at radius 1 is 1.48 bits per heavy atom. The first-order chi connectivity index (χ1) is 9.99. The van der Waals surface area contributed by atoms with Crippen LogP contribution in [0.5, 0.6) is 0 Å². The van der Waals surface area contributed by atoms with Gasteiger partial charge in [0.2, 0.25) is 0 Å². The van der Waals surface area contributed by atoms with Gasteiger partial charge in [-0.05, 0) is 19.1 Å². The highest BCUT2D eigenvalue weighted by atomic mass is 16.5. The number of aromatic nitrogens is 2. The number of amides is 1. The van der Waals surface area contributed by atoms with Crippen LogP contribution in [0.25, 0.3) is 11.0 Å². The van der Waals surface area contributed by atoms with Crippen LogP contribution in [0.2, 0.25) is 0 Å². The fourth-order valence-corrected chi connectivity index (χ4v) is 2.77. The number of carbonyl (C=O) groups excluding carboxylic acids is 1. The molecule has 21 heavy (non-hydrogen) atoms. The van der Waals surface area contributed by atoms with Gasteiger partial charge in [-0.25, -0.2) is 4.98 Å². The highest BCUT2D eigenvalue weighted by Crippen LogP contribution is 2.20. The Morgan fingerprint density at radius 2 is 2.24 bits per heavy atom. The minimum Gasteiger partial charge on any atom is -0.367 e. The Balaban J connectivity index is 1.82. The summed E-state index contributed by atoms with van der Waals surface area (Å²) in [6, 6.07) is 8.05. The summed E-state index contributed by atoms with van der Waals surface area (Å²) in [6.45, 7) is 4.19. The summed E-state index contributed by atoms with van der Waals surface area (Å²) in [6.07, 6.45) is 0. The lowest BCUT2D eigenvalue weighted by atomic mass is 10.0. The first-order valence-corrected chi connectivity index (χ1v) is 7.06. The predicted octanol–water partition coefficient (Wildman–Crippen LogP) is 0.650. The predicted molar refractivity (Wildman–Crippen MR) is 79.5 cm³/mol. The fraction of sp³-hybridized carbons (Fsp3) is 0.467. The van der Waals surface area contributed by atoms with E-state index in [9.17, 15) is 4.79 Å². The summed E-state index contributed by atoms with van der Waals surface area (Å²) in [5.74, 6) is 0.558. The topological polar surface area (TPSA) is 73.4 Å². The van der Waals surface area contributed by atoms with Gasteiger partial charge >= 0.3 is 0 Å². The molecule has 1 atom stereocenters. The summed E-state index contributed by atoms with van der Waals surface area (Å²) in [5, 5.41) is 0. The summed E-state index contributed by atoms with van der Waals surface area (Å²) in [5.41, 5.74) is 6.62. The van der Waals surface area contributed by atoms with Gasteiger partial charge in [-0.15, -0.1) is 0 Å². The van der Waals surface area contributed by atoms with E-state index in [1.807, 2.05) is 25.2 Å². The minimum absolute atomic E-state index is 0.419. The number of nitrogens with two attached hydrogens (primary N) is 1. The zero-order valence-electron chi connectivity index (χ0n) is 12.4. The number of para-hydroxylation sites is 2. The Kier molecular flexibility index (Phi) is 3.43. The highest BCUT2D eigenvalue weighted by molar-refractivity contribution is 5.83. The second kappa shape index (κ2) is 5.13. The third-order valence-electron chi connectivity index (χ3n) is 4.12. The smallest absolute Gasteiger partial charge is 0.250 e. The number of nitrogens with zero attached hydrogens (tertiary/aromatic N) is 3. The number of rotatable bonds is 3. The molecule has 112 valence electrons. The second-order valence-corrected chi connectivity index (χ2v) is 5.73. The van der Waals surface area contributed by atoms with Gasteiger partial charge in [-0.2, -0.15) is 0 Å². The molecule has 1 aliphatic heterocycles. The Morgan fingerprint density at radius 3 is 2.95 bits per heavy atom. The van der Waals surface area contributed by atoms with E-state index in [1.54, 1.807) is 6.92 Å². The Labute approximate surface area is 123 Å². The van der Waals surface area contributed by atoms with E-state index in [-0.39, 0.29) is 0 Å². The molecule has 0 saturated carbocycles. The van der Waals surface area contributed by atoms with E-state index in [0.29, 0.717) is 19.7 Å². The van der Waals surface area contributed by atoms with Gasteiger partial charge in [0.1, 0.15) is 5.82 Å². The molecule has 2 aromatic rings. The lowest BCUT2D eigenvalue weighted by Crippen LogP contribution is -2.56. The van der Waals surface area contributed by atoms with Crippen LogP contribution in [0.3, 0.4) is 0 Å². The van der Waals surface area contributed by atoms with Gasteiger partial charge in [0, 0.05) is 20.1 Å². The van der Waals surface area contributed by atoms with Gasteiger partial charge in [-0.1, -0.05) is 12.1 Å². The zero-order chi connectivity index (χ0) is 15.0. The molecule has 6 heteroatoms. The summed E-state index contributed by atoms with van der Waals surface area (Å²) in [7, 11) is 2.01. The molecule has 2 heterocycles. The average molecular weight is 288 g/mol. The van der Waals surface area contributed by atoms with Crippen molar-refractivity contribution in [2.75, 3.05) is 19.7 Å². The first kappa shape index (κ1) is 14.0. The number of fused-ring (bicyclic) bond motifs is 1. The Bertz CT molecular complexity index is 681. The first-order valence-electron chi connectivity index (χ1n) is 7.06. The molecule has 1 aromatic heterocycles. The van der Waals surface area contributed by atoms with Crippen LogP contribution >= 0.6 is 0 Å². The van der Waals surface area contributed by atoms with E-state index in [1.165, 1.54) is 0 Å². The zero-order valence-corrected chi connectivity index (χ0v) is 12.4. The van der Waals surface area contributed by atoms with E-state index >= 15 is 0 Å². The van der Waals surface area contributed by atoms with Crippen molar-refractivity contribution in [2.45, 2.75) is 19.1 Å². The van der Waals surface area contributed by atoms with Crippen LogP contribution in [0, 0.1) is 0 Å². The molecule has 1 amide bonds. The van der Waals surface area contributed by atoms with E-state index in [2.05, 4.69) is 20.5 Å². The van der Waals surface area contributed by atoms with Crippen LogP contribution in [0.4, 0.5) is 0 Å². The number of aryl methyl sites for hydroxylation is 1. The number of morpholine rings is 1. The summed E-state index contributed by atoms with van der Waals surface area (Å²) >= 11 is 0. The number of imidazole rings is 1. The molecule has 1 aromatic carbocycles. The van der Waals surface area contributed by atoms with Crippen molar-refractivity contribution in [3.8, 4) is 0 Å². The van der Waals surface area contributed by atoms with Gasteiger partial charge in [0.25, 0.3) is 5.91 Å². The molecule has 1 aliphatic rings. The van der Waals surface area contributed by atoms with Crippen LogP contribution in [-0.2, 0) is 23.1 Å². The van der Waals surface area contributed by atoms with Crippen molar-refractivity contribution in [3.05, 3.63) is 30.1 Å². The van der Waals surface area contributed by atoms with E-state index in [0.717, 1.165) is 23.4 Å². The van der Waals surface area contributed by atoms with E-state index in [4.69, 9.17) is 10.5 Å². The van der Waals surface area contributed by atoms with Crippen molar-refractivity contribution in [1.82, 2.24) is 14.5 Å². The number of primary amides is 1. The molecular formula is C15H20N4O2. The molecule has 1 saturated heterocycles. The molecular weight excluding hydrogens is 268 g/mol. The third-order valence-corrected chi connectivity index (χ3v) is 4.12. The molecule has 0 unspecified atom stereocenters. The van der Waals surface area contributed by atoms with E-state index < -0.39 is 11.5 Å². The van der Waals surface area contributed by atoms with Crippen LogP contribution in [0.15, 0.2) is 24.3 Å². The number of carbonyl (C=O) groups is 1. The maximum Gasteiger partial charge on any atom is 0.250 e. The largest absolute Gasteiger partial charge is 0.367 e. The molecule has 0 aliphatic carbocycles. The minimum atomic E-state index is -0.914. The van der Waals surface area contributed by atoms with Crippen molar-refractivity contribution in [1.29, 1.82) is 0 Å². The standard InChI is InChI=1S/C15H20N4O2/c1-15(14(16)20)10-19(7-8-21-15)9-13-17-11-5-3-4-6-12(11)18(13)2/h3-6H,7-10H2,1-2H3,(H2,16,20)/t15-/m1/s1. The average Bonchev–Trinajstić information content (AvgIpc) is 2.76. The fourth-order valence-electron chi connectivity index (χ4n) is 2.77. The van der Waals surface area contributed by atoms with Crippen molar-refractivity contribution in [3.63, 3.8) is 0 Å². The molecule has 0 radical (unpaired) electrons. The van der Waals surface area contributed by atoms with Crippen LogP contribution in [0.1, 0.15) is 12.7 Å². The van der Waals surface area contributed by atoms with Gasteiger partial charge < -0.3 is 15.0 Å². The highest BCUT2D eigenvalue weighted by Gasteiger charge is 2.37. The molecule has 0 spiro atoms. The molecule has 3 rings (SSSR count). The molecule has 6 nitrogen and oxygen atoms in total. The quantitative estimate of drug-likeness (QED) is 0.900. The summed E-state index contributed by atoms with van der Waals surface area (Å²) < 4.78 is 7.63. The molecule has 2 N–H and O–H groups in total. The van der Waals surface area contributed by atoms with Gasteiger partial charge in [-0.3, -0.25) is 9.69 Å². The van der Waals surface area contributed by atoms with Gasteiger partial charge in [0.05, 0.1) is 24.2 Å². The maximum absolute atomic E-state index is 11.5. The second-order valence-electron chi connectivity index (χ2n) is 5.73. The van der Waals surface area contributed by atoms with Crippen molar-refractivity contribution >= 4 is 16.9 Å². The number of hydrogen-bond donors (Lipinski definition) is 1. The van der Waals surface area contributed by atoms with Crippen molar-refractivity contribution in [2.24, 2.45) is 12.8 Å². The lowest BCUT2D eigenvalue weighted by Gasteiger charge is -2.38. The Hall–Kier alpha value is -1.92. The normalized spacial score (nSPS) is 23.5. The molecule has 1 fully saturated rings. The maximum atomic E-state index is 11.5. The summed E-state index contributed by atoms with van der Waals surface area (Å²) in [4.78, 5) is 18.4.